The number of hydrogen-bond acceptors (Lipinski definition) is 7. The Morgan fingerprint density at radius 3 is 2.49 bits per heavy atom. The van der Waals surface area contributed by atoms with Crippen molar-refractivity contribution in [3.05, 3.63) is 34.7 Å². The third-order valence-corrected chi connectivity index (χ3v) is 10.6. The monoisotopic (exact) mass is 656 g/mol. The number of anilines is 1. The Labute approximate surface area is 262 Å². The zero-order chi connectivity index (χ0) is 32.8. The number of ether oxygens (including phenoxy) is 1. The fourth-order valence-corrected chi connectivity index (χ4v) is 7.51. The SMILES string of the molecule is CC(=O)N(CCOCCO)c1ccc(C=CS(=O)(=O)N2CCC3(CC2)N=C(C2CCC(CCC(F)(F)F)CC2)NC3=O)c(C)c1. The van der Waals surface area contributed by atoms with Gasteiger partial charge in [-0.05, 0) is 87.1 Å². The van der Waals surface area contributed by atoms with Crippen LogP contribution in [-0.2, 0) is 24.3 Å². The Morgan fingerprint density at radius 2 is 1.89 bits per heavy atom. The molecule has 2 fully saturated rings. The second-order valence-corrected chi connectivity index (χ2v) is 14.0. The summed E-state index contributed by atoms with van der Waals surface area (Å²) in [5.74, 6) is 0.202. The molecular formula is C31H43F3N4O6S. The van der Waals surface area contributed by atoms with Gasteiger partial charge in [-0.25, -0.2) is 8.42 Å². The molecule has 1 aliphatic carbocycles. The van der Waals surface area contributed by atoms with Crippen molar-refractivity contribution >= 4 is 39.4 Å². The number of aryl methyl sites for hydroxylation is 1. The van der Waals surface area contributed by atoms with Crippen molar-refractivity contribution in [1.82, 2.24) is 9.62 Å². The van der Waals surface area contributed by atoms with Gasteiger partial charge in [0.1, 0.15) is 11.4 Å². The molecule has 2 aliphatic heterocycles. The van der Waals surface area contributed by atoms with Crippen LogP contribution in [0.4, 0.5) is 18.9 Å². The van der Waals surface area contributed by atoms with Crippen LogP contribution < -0.4 is 10.2 Å². The molecule has 0 aromatic heterocycles. The number of nitrogens with zero attached hydrogens (tertiary/aromatic N) is 3. The van der Waals surface area contributed by atoms with Crippen LogP contribution in [0, 0.1) is 18.8 Å². The van der Waals surface area contributed by atoms with E-state index in [-0.39, 0.29) is 75.8 Å². The zero-order valence-corrected chi connectivity index (χ0v) is 26.6. The number of nitrogens with one attached hydrogen (secondary N) is 1. The summed E-state index contributed by atoms with van der Waals surface area (Å²) < 4.78 is 70.8. The Morgan fingerprint density at radius 1 is 1.20 bits per heavy atom. The van der Waals surface area contributed by atoms with Gasteiger partial charge in [-0.2, -0.15) is 17.5 Å². The maximum absolute atomic E-state index is 13.2. The molecule has 0 bridgehead atoms. The number of rotatable bonds is 12. The fraction of sp³-hybridized carbons (Fsp3) is 0.645. The summed E-state index contributed by atoms with van der Waals surface area (Å²) in [7, 11) is -3.78. The van der Waals surface area contributed by atoms with Gasteiger partial charge in [0.25, 0.3) is 5.91 Å². The number of carbonyl (C=O) groups is 2. The average Bonchev–Trinajstić information content (AvgIpc) is 3.30. The molecule has 2 heterocycles. The van der Waals surface area contributed by atoms with Crippen molar-refractivity contribution in [2.45, 2.75) is 76.9 Å². The zero-order valence-electron chi connectivity index (χ0n) is 25.8. The molecule has 1 saturated carbocycles. The smallest absolute Gasteiger partial charge is 0.389 e. The average molecular weight is 657 g/mol. The fourth-order valence-electron chi connectivity index (χ4n) is 6.33. The molecule has 2 N–H and O–H groups in total. The minimum atomic E-state index is -4.15. The van der Waals surface area contributed by atoms with Gasteiger partial charge in [0.15, 0.2) is 0 Å². The number of halogens is 3. The highest BCUT2D eigenvalue weighted by Gasteiger charge is 2.48. The Kier molecular flexibility index (Phi) is 11.5. The van der Waals surface area contributed by atoms with E-state index >= 15 is 0 Å². The molecule has 1 saturated heterocycles. The highest BCUT2D eigenvalue weighted by Crippen LogP contribution is 2.38. The first-order valence-electron chi connectivity index (χ1n) is 15.5. The number of benzene rings is 1. The number of aliphatic hydroxyl groups is 1. The number of piperidine rings is 1. The Bertz CT molecular complexity index is 1380. The number of aliphatic imine (C=N–C) groups is 1. The second-order valence-electron chi connectivity index (χ2n) is 12.1. The van der Waals surface area contributed by atoms with Crippen LogP contribution in [0.5, 0.6) is 0 Å². The van der Waals surface area contributed by atoms with E-state index in [9.17, 15) is 31.2 Å². The van der Waals surface area contributed by atoms with Gasteiger partial charge in [0, 0.05) is 50.0 Å². The van der Waals surface area contributed by atoms with Crippen molar-refractivity contribution in [3.63, 3.8) is 0 Å². The van der Waals surface area contributed by atoms with E-state index in [1.165, 1.54) is 17.3 Å². The van der Waals surface area contributed by atoms with Crippen LogP contribution in [-0.4, -0.2) is 86.6 Å². The molecule has 3 aliphatic rings. The number of carbonyl (C=O) groups excluding carboxylic acids is 2. The maximum Gasteiger partial charge on any atom is 0.389 e. The van der Waals surface area contributed by atoms with Gasteiger partial charge in [-0.3, -0.25) is 14.6 Å². The van der Waals surface area contributed by atoms with Gasteiger partial charge < -0.3 is 20.1 Å². The van der Waals surface area contributed by atoms with E-state index in [0.29, 0.717) is 49.3 Å². The number of sulfonamides is 1. The number of amidine groups is 1. The lowest BCUT2D eigenvalue weighted by Crippen LogP contribution is -2.50. The predicted molar refractivity (Wildman–Crippen MR) is 165 cm³/mol. The first-order chi connectivity index (χ1) is 21.2. The van der Waals surface area contributed by atoms with Gasteiger partial charge in [-0.1, -0.05) is 6.07 Å². The molecule has 0 radical (unpaired) electrons. The Balaban J connectivity index is 1.33. The minimum absolute atomic E-state index is 0.00286. The van der Waals surface area contributed by atoms with Gasteiger partial charge >= 0.3 is 6.18 Å². The number of alkyl halides is 3. The van der Waals surface area contributed by atoms with Crippen molar-refractivity contribution in [2.24, 2.45) is 16.8 Å². The minimum Gasteiger partial charge on any atom is -0.394 e. The van der Waals surface area contributed by atoms with Gasteiger partial charge in [-0.15, -0.1) is 0 Å². The van der Waals surface area contributed by atoms with Crippen LogP contribution in [0.1, 0.15) is 69.4 Å². The molecule has 10 nitrogen and oxygen atoms in total. The summed E-state index contributed by atoms with van der Waals surface area (Å²) in [6, 6.07) is 5.28. The molecule has 4 rings (SSSR count). The molecule has 1 spiro atoms. The van der Waals surface area contributed by atoms with E-state index in [2.05, 4.69) is 5.32 Å². The van der Waals surface area contributed by atoms with Crippen LogP contribution in [0.2, 0.25) is 0 Å². The van der Waals surface area contributed by atoms with E-state index in [1.54, 1.807) is 23.1 Å². The first-order valence-corrected chi connectivity index (χ1v) is 17.0. The highest BCUT2D eigenvalue weighted by molar-refractivity contribution is 7.92. The maximum atomic E-state index is 13.2. The highest BCUT2D eigenvalue weighted by atomic mass is 32.2. The van der Waals surface area contributed by atoms with Gasteiger partial charge in [0.2, 0.25) is 15.9 Å². The standard InChI is InChI=1S/C31H43F3N4O6S/c1-22-21-27(38(23(2)40)16-18-44-19-17-39)8-7-25(22)10-20-45(42,43)37-14-12-30(13-15-37)29(41)35-28(36-30)26-5-3-24(4-6-26)9-11-31(32,33)34/h7-8,10,20-21,24,26,39H,3-6,9,11-19H2,1-2H3,(H,35,36,41). The quantitative estimate of drug-likeness (QED) is 0.325. The third kappa shape index (κ3) is 9.14. The lowest BCUT2D eigenvalue weighted by Gasteiger charge is -2.34. The lowest BCUT2D eigenvalue weighted by molar-refractivity contribution is -0.138. The van der Waals surface area contributed by atoms with E-state index in [0.717, 1.165) is 11.0 Å². The largest absolute Gasteiger partial charge is 0.394 e. The number of aliphatic hydroxyl groups excluding tert-OH is 1. The van der Waals surface area contributed by atoms with Gasteiger partial charge in [0.05, 0.1) is 19.8 Å². The Hall–Kier alpha value is -2.81. The summed E-state index contributed by atoms with van der Waals surface area (Å²) in [4.78, 5) is 31.5. The number of hydrogen-bond donors (Lipinski definition) is 2. The molecule has 45 heavy (non-hydrogen) atoms. The summed E-state index contributed by atoms with van der Waals surface area (Å²) in [5.41, 5.74) is 1.08. The topological polar surface area (TPSA) is 129 Å². The summed E-state index contributed by atoms with van der Waals surface area (Å²) in [6.45, 7) is 4.18. The van der Waals surface area contributed by atoms with Crippen molar-refractivity contribution in [3.8, 4) is 0 Å². The number of amides is 2. The molecule has 2 amide bonds. The summed E-state index contributed by atoms with van der Waals surface area (Å²) >= 11 is 0. The van der Waals surface area contributed by atoms with E-state index < -0.39 is 28.2 Å². The predicted octanol–water partition coefficient (Wildman–Crippen LogP) is 4.17. The summed E-state index contributed by atoms with van der Waals surface area (Å²) in [6.07, 6.45) is -0.101. The lowest BCUT2D eigenvalue weighted by atomic mass is 9.79. The van der Waals surface area contributed by atoms with Crippen LogP contribution >= 0.6 is 0 Å². The molecule has 0 atom stereocenters. The van der Waals surface area contributed by atoms with Crippen molar-refractivity contribution in [2.75, 3.05) is 44.4 Å². The first kappa shape index (κ1) is 35.1. The second kappa shape index (κ2) is 14.7. The normalized spacial score (nSPS) is 22.5. The summed E-state index contributed by atoms with van der Waals surface area (Å²) in [5, 5.41) is 12.9. The van der Waals surface area contributed by atoms with Crippen LogP contribution in [0.15, 0.2) is 28.6 Å². The van der Waals surface area contributed by atoms with Crippen LogP contribution in [0.3, 0.4) is 0 Å². The molecule has 1 aromatic rings. The molecular weight excluding hydrogens is 613 g/mol. The molecule has 14 heteroatoms. The third-order valence-electron chi connectivity index (χ3n) is 9.04. The van der Waals surface area contributed by atoms with Crippen LogP contribution in [0.25, 0.3) is 6.08 Å². The van der Waals surface area contributed by atoms with Crippen molar-refractivity contribution < 1.29 is 41.0 Å². The van der Waals surface area contributed by atoms with E-state index in [4.69, 9.17) is 14.8 Å². The molecule has 0 unspecified atom stereocenters. The van der Waals surface area contributed by atoms with E-state index in [1.807, 2.05) is 6.92 Å². The molecule has 1 aromatic carbocycles. The van der Waals surface area contributed by atoms with Crippen molar-refractivity contribution in [1.29, 1.82) is 0 Å². The molecule has 250 valence electrons.